The fourth-order valence-electron chi connectivity index (χ4n) is 2.92. The van der Waals surface area contributed by atoms with Gasteiger partial charge in [0, 0.05) is 23.4 Å². The van der Waals surface area contributed by atoms with Crippen LogP contribution >= 0.6 is 0 Å². The zero-order valence-corrected chi connectivity index (χ0v) is 13.2. The van der Waals surface area contributed by atoms with E-state index in [9.17, 15) is 19.7 Å². The van der Waals surface area contributed by atoms with Gasteiger partial charge in [0.25, 0.3) is 5.69 Å². The van der Waals surface area contributed by atoms with Crippen molar-refractivity contribution in [1.29, 1.82) is 0 Å². The Bertz CT molecular complexity index is 864. The van der Waals surface area contributed by atoms with Gasteiger partial charge in [-0.3, -0.25) is 19.7 Å². The SMILES string of the molecule is C=CC(=O)N1CC(=O)Nc2ccc([N+](=O)[O-])cc2C1c1ccccc1. The average molecular weight is 337 g/mol. The number of nitro benzene ring substituents is 1. The van der Waals surface area contributed by atoms with Crippen LogP contribution in [0.15, 0.2) is 61.2 Å². The first kappa shape index (κ1) is 16.4. The molecule has 25 heavy (non-hydrogen) atoms. The van der Waals surface area contributed by atoms with Crippen LogP contribution in [0, 0.1) is 10.1 Å². The molecule has 1 atom stereocenters. The number of nitrogens with one attached hydrogen (secondary N) is 1. The van der Waals surface area contributed by atoms with Crippen LogP contribution < -0.4 is 5.32 Å². The van der Waals surface area contributed by atoms with Crippen LogP contribution in [0.3, 0.4) is 0 Å². The Kier molecular flexibility index (Phi) is 4.30. The van der Waals surface area contributed by atoms with Gasteiger partial charge in [-0.2, -0.15) is 0 Å². The van der Waals surface area contributed by atoms with Crippen LogP contribution in [-0.4, -0.2) is 28.2 Å². The van der Waals surface area contributed by atoms with Gasteiger partial charge < -0.3 is 10.2 Å². The van der Waals surface area contributed by atoms with Crippen molar-refractivity contribution >= 4 is 23.2 Å². The van der Waals surface area contributed by atoms with Crippen molar-refractivity contribution in [3.8, 4) is 0 Å². The van der Waals surface area contributed by atoms with Gasteiger partial charge in [0.15, 0.2) is 0 Å². The van der Waals surface area contributed by atoms with Crippen molar-refractivity contribution in [3.05, 3.63) is 82.4 Å². The van der Waals surface area contributed by atoms with Crippen molar-refractivity contribution in [2.45, 2.75) is 6.04 Å². The number of anilines is 1. The van der Waals surface area contributed by atoms with E-state index in [0.29, 0.717) is 11.3 Å². The lowest BCUT2D eigenvalue weighted by Crippen LogP contribution is -2.37. The molecule has 0 fully saturated rings. The fraction of sp³-hybridized carbons (Fsp3) is 0.111. The van der Waals surface area contributed by atoms with Crippen molar-refractivity contribution in [2.24, 2.45) is 0 Å². The number of nitrogens with zero attached hydrogens (tertiary/aromatic N) is 2. The molecule has 1 unspecified atom stereocenters. The summed E-state index contributed by atoms with van der Waals surface area (Å²) < 4.78 is 0. The standard InChI is InChI=1S/C18H15N3O4/c1-2-17(23)20-11-16(22)19-15-9-8-13(21(24)25)10-14(15)18(20)12-6-4-3-5-7-12/h2-10,18H,1,11H2,(H,19,22). The molecule has 2 amide bonds. The van der Waals surface area contributed by atoms with Crippen molar-refractivity contribution in [1.82, 2.24) is 4.90 Å². The highest BCUT2D eigenvalue weighted by Gasteiger charge is 2.33. The Morgan fingerprint density at radius 2 is 2.00 bits per heavy atom. The summed E-state index contributed by atoms with van der Waals surface area (Å²) in [7, 11) is 0. The van der Waals surface area contributed by atoms with E-state index in [1.165, 1.54) is 23.1 Å². The number of nitro groups is 1. The van der Waals surface area contributed by atoms with Gasteiger partial charge >= 0.3 is 0 Å². The smallest absolute Gasteiger partial charge is 0.269 e. The minimum absolute atomic E-state index is 0.109. The lowest BCUT2D eigenvalue weighted by Gasteiger charge is -2.29. The number of amides is 2. The topological polar surface area (TPSA) is 92.6 Å². The summed E-state index contributed by atoms with van der Waals surface area (Å²) in [5.41, 5.74) is 1.57. The molecule has 0 radical (unpaired) electrons. The second-order valence-electron chi connectivity index (χ2n) is 5.56. The summed E-state index contributed by atoms with van der Waals surface area (Å²) in [4.78, 5) is 36.6. The molecule has 1 aliphatic heterocycles. The van der Waals surface area contributed by atoms with Gasteiger partial charge in [-0.1, -0.05) is 36.9 Å². The summed E-state index contributed by atoms with van der Waals surface area (Å²) in [5, 5.41) is 13.9. The van der Waals surface area contributed by atoms with Crippen LogP contribution in [0.1, 0.15) is 17.2 Å². The first-order chi connectivity index (χ1) is 12.0. The van der Waals surface area contributed by atoms with Gasteiger partial charge in [-0.25, -0.2) is 0 Å². The molecule has 126 valence electrons. The number of rotatable bonds is 3. The molecule has 7 heteroatoms. The summed E-state index contributed by atoms with van der Waals surface area (Å²) in [6.45, 7) is 3.32. The summed E-state index contributed by atoms with van der Waals surface area (Å²) in [5.74, 6) is -0.799. The highest BCUT2D eigenvalue weighted by atomic mass is 16.6. The Labute approximate surface area is 143 Å². The third kappa shape index (κ3) is 3.12. The lowest BCUT2D eigenvalue weighted by atomic mass is 9.95. The van der Waals surface area contributed by atoms with Crippen molar-refractivity contribution < 1.29 is 14.5 Å². The number of carbonyl (C=O) groups excluding carboxylic acids is 2. The molecule has 0 saturated carbocycles. The predicted octanol–water partition coefficient (Wildman–Crippen LogP) is 2.65. The quantitative estimate of drug-likeness (QED) is 0.529. The molecule has 0 aromatic heterocycles. The Balaban J connectivity index is 2.25. The molecule has 0 spiro atoms. The molecule has 0 saturated heterocycles. The third-order valence-corrected chi connectivity index (χ3v) is 4.01. The van der Waals surface area contributed by atoms with Gasteiger partial charge in [0.05, 0.1) is 11.0 Å². The molecule has 1 N–H and O–H groups in total. The maximum absolute atomic E-state index is 12.4. The Hall–Kier alpha value is -3.48. The van der Waals surface area contributed by atoms with E-state index < -0.39 is 16.9 Å². The molecule has 7 nitrogen and oxygen atoms in total. The van der Waals surface area contributed by atoms with Crippen LogP contribution in [-0.2, 0) is 9.59 Å². The molecular formula is C18H15N3O4. The first-order valence-electron chi connectivity index (χ1n) is 7.57. The summed E-state index contributed by atoms with van der Waals surface area (Å²) in [6.07, 6.45) is 1.13. The number of fused-ring (bicyclic) bond motifs is 1. The molecule has 2 aromatic carbocycles. The van der Waals surface area contributed by atoms with Crippen LogP contribution in [0.25, 0.3) is 0 Å². The molecule has 3 rings (SSSR count). The lowest BCUT2D eigenvalue weighted by molar-refractivity contribution is -0.384. The highest BCUT2D eigenvalue weighted by molar-refractivity contribution is 5.99. The van der Waals surface area contributed by atoms with E-state index in [-0.39, 0.29) is 18.1 Å². The number of benzene rings is 2. The van der Waals surface area contributed by atoms with Gasteiger partial charge in [-0.05, 0) is 17.7 Å². The van der Waals surface area contributed by atoms with Gasteiger partial charge in [0.1, 0.15) is 6.54 Å². The van der Waals surface area contributed by atoms with E-state index in [1.54, 1.807) is 0 Å². The second kappa shape index (κ2) is 6.56. The van der Waals surface area contributed by atoms with Crippen LogP contribution in [0.2, 0.25) is 0 Å². The molecular weight excluding hydrogens is 322 g/mol. The van der Waals surface area contributed by atoms with Gasteiger partial charge in [-0.15, -0.1) is 0 Å². The Morgan fingerprint density at radius 1 is 1.28 bits per heavy atom. The first-order valence-corrected chi connectivity index (χ1v) is 7.57. The maximum atomic E-state index is 12.4. The Morgan fingerprint density at radius 3 is 2.64 bits per heavy atom. The van der Waals surface area contributed by atoms with E-state index in [1.807, 2.05) is 30.3 Å². The van der Waals surface area contributed by atoms with Gasteiger partial charge in [0.2, 0.25) is 11.8 Å². The van der Waals surface area contributed by atoms with E-state index >= 15 is 0 Å². The zero-order chi connectivity index (χ0) is 18.0. The number of hydrogen-bond acceptors (Lipinski definition) is 4. The molecule has 0 bridgehead atoms. The van der Waals surface area contributed by atoms with E-state index in [2.05, 4.69) is 11.9 Å². The number of hydrogen-bond donors (Lipinski definition) is 1. The van der Waals surface area contributed by atoms with Crippen LogP contribution in [0.4, 0.5) is 11.4 Å². The largest absolute Gasteiger partial charge is 0.324 e. The predicted molar refractivity (Wildman–Crippen MR) is 91.9 cm³/mol. The fourth-order valence-corrected chi connectivity index (χ4v) is 2.92. The molecule has 2 aromatic rings. The normalized spacial score (nSPS) is 16.4. The molecule has 1 aliphatic rings. The third-order valence-electron chi connectivity index (χ3n) is 4.01. The summed E-state index contributed by atoms with van der Waals surface area (Å²) in [6, 6.07) is 12.6. The molecule has 1 heterocycles. The molecule has 0 aliphatic carbocycles. The van der Waals surface area contributed by atoms with Crippen molar-refractivity contribution in [2.75, 3.05) is 11.9 Å². The zero-order valence-electron chi connectivity index (χ0n) is 13.2. The van der Waals surface area contributed by atoms with E-state index in [4.69, 9.17) is 0 Å². The van der Waals surface area contributed by atoms with E-state index in [0.717, 1.165) is 11.6 Å². The number of carbonyl (C=O) groups is 2. The minimum atomic E-state index is -0.638. The summed E-state index contributed by atoms with van der Waals surface area (Å²) >= 11 is 0. The van der Waals surface area contributed by atoms with Crippen molar-refractivity contribution in [3.63, 3.8) is 0 Å². The second-order valence-corrected chi connectivity index (χ2v) is 5.56. The maximum Gasteiger partial charge on any atom is 0.269 e. The monoisotopic (exact) mass is 337 g/mol. The van der Waals surface area contributed by atoms with Crippen LogP contribution in [0.5, 0.6) is 0 Å². The highest BCUT2D eigenvalue weighted by Crippen LogP contribution is 2.37. The minimum Gasteiger partial charge on any atom is -0.324 e. The number of non-ortho nitro benzene ring substituents is 1. The average Bonchev–Trinajstić information content (AvgIpc) is 2.76.